The van der Waals surface area contributed by atoms with Gasteiger partial charge in [0.05, 0.1) is 23.1 Å². The van der Waals surface area contributed by atoms with Gasteiger partial charge in [-0.1, -0.05) is 12.1 Å². The molecule has 0 saturated carbocycles. The number of aryl methyl sites for hydroxylation is 2. The first-order chi connectivity index (χ1) is 9.70. The second-order valence-electron chi connectivity index (χ2n) is 5.16. The number of pyridine rings is 1. The molecule has 4 nitrogen and oxygen atoms in total. The fraction of sp³-hybridized carbons (Fsp3) is 0.125. The zero-order valence-electron chi connectivity index (χ0n) is 11.4. The number of imidazole rings is 2. The van der Waals surface area contributed by atoms with Crippen molar-refractivity contribution in [1.82, 2.24) is 18.9 Å². The van der Waals surface area contributed by atoms with Gasteiger partial charge in [0.2, 0.25) is 0 Å². The quantitative estimate of drug-likeness (QED) is 0.528. The first-order valence-electron chi connectivity index (χ1n) is 6.57. The van der Waals surface area contributed by atoms with Crippen molar-refractivity contribution in [3.05, 3.63) is 54.6 Å². The Kier molecular flexibility index (Phi) is 2.21. The normalized spacial score (nSPS) is 11.5. The van der Waals surface area contributed by atoms with E-state index >= 15 is 0 Å². The third-order valence-electron chi connectivity index (χ3n) is 3.62. The van der Waals surface area contributed by atoms with Crippen LogP contribution in [-0.4, -0.2) is 18.9 Å². The highest BCUT2D eigenvalue weighted by Crippen LogP contribution is 2.23. The molecule has 0 aliphatic carbocycles. The van der Waals surface area contributed by atoms with Crippen LogP contribution in [0, 0.1) is 6.92 Å². The van der Waals surface area contributed by atoms with Crippen LogP contribution in [0.15, 0.2) is 49.1 Å². The van der Waals surface area contributed by atoms with Crippen LogP contribution in [0.5, 0.6) is 0 Å². The molecule has 1 aromatic carbocycles. The summed E-state index contributed by atoms with van der Waals surface area (Å²) in [6, 6.07) is 10.4. The highest BCUT2D eigenvalue weighted by molar-refractivity contribution is 5.81. The van der Waals surface area contributed by atoms with E-state index in [2.05, 4.69) is 58.0 Å². The van der Waals surface area contributed by atoms with Crippen molar-refractivity contribution in [3.8, 4) is 11.3 Å². The first kappa shape index (κ1) is 11.2. The number of fused-ring (bicyclic) bond motifs is 2. The molecule has 98 valence electrons. The van der Waals surface area contributed by atoms with Crippen LogP contribution < -0.4 is 0 Å². The number of nitrogens with zero attached hydrogens (tertiary/aromatic N) is 4. The number of hydrogen-bond acceptors (Lipinski definition) is 2. The van der Waals surface area contributed by atoms with Gasteiger partial charge in [-0.25, -0.2) is 9.97 Å². The predicted molar refractivity (Wildman–Crippen MR) is 79.6 cm³/mol. The summed E-state index contributed by atoms with van der Waals surface area (Å²) >= 11 is 0. The number of hydrogen-bond donors (Lipinski definition) is 0. The van der Waals surface area contributed by atoms with Gasteiger partial charge in [0.1, 0.15) is 5.65 Å². The smallest absolute Gasteiger partial charge is 0.137 e. The first-order valence-corrected chi connectivity index (χ1v) is 6.57. The molecule has 0 aliphatic heterocycles. The van der Waals surface area contributed by atoms with Crippen LogP contribution in [0.25, 0.3) is 27.9 Å². The molecule has 0 atom stereocenters. The Morgan fingerprint density at radius 3 is 2.85 bits per heavy atom. The molecule has 4 heteroatoms. The topological polar surface area (TPSA) is 35.1 Å². The molecule has 3 aromatic heterocycles. The molecule has 4 aromatic rings. The molecule has 0 fully saturated rings. The van der Waals surface area contributed by atoms with Gasteiger partial charge in [-0.3, -0.25) is 0 Å². The molecule has 0 unspecified atom stereocenters. The molecule has 4 rings (SSSR count). The minimum absolute atomic E-state index is 0.965. The highest BCUT2D eigenvalue weighted by atomic mass is 15.0. The van der Waals surface area contributed by atoms with Crippen LogP contribution in [0.4, 0.5) is 0 Å². The van der Waals surface area contributed by atoms with E-state index in [9.17, 15) is 0 Å². The van der Waals surface area contributed by atoms with Crippen LogP contribution in [0.1, 0.15) is 5.56 Å². The number of aromatic nitrogens is 4. The van der Waals surface area contributed by atoms with Gasteiger partial charge in [-0.2, -0.15) is 0 Å². The Balaban J connectivity index is 1.91. The summed E-state index contributed by atoms with van der Waals surface area (Å²) in [6.07, 6.45) is 5.99. The summed E-state index contributed by atoms with van der Waals surface area (Å²) in [5.41, 5.74) is 6.39. The van der Waals surface area contributed by atoms with E-state index in [4.69, 9.17) is 0 Å². The lowest BCUT2D eigenvalue weighted by atomic mass is 10.1. The average Bonchev–Trinajstić information content (AvgIpc) is 3.02. The number of rotatable bonds is 1. The molecule has 3 heterocycles. The molecular weight excluding hydrogens is 248 g/mol. The van der Waals surface area contributed by atoms with E-state index in [0.717, 1.165) is 27.9 Å². The lowest BCUT2D eigenvalue weighted by Crippen LogP contribution is -1.83. The van der Waals surface area contributed by atoms with Crippen LogP contribution in [-0.2, 0) is 7.05 Å². The van der Waals surface area contributed by atoms with E-state index in [1.807, 2.05) is 24.0 Å². The summed E-state index contributed by atoms with van der Waals surface area (Å²) in [6.45, 7) is 2.08. The van der Waals surface area contributed by atoms with Crippen molar-refractivity contribution < 1.29 is 0 Å². The van der Waals surface area contributed by atoms with E-state index in [1.54, 1.807) is 0 Å². The molecular formula is C16H14N4. The molecule has 0 amide bonds. The lowest BCUT2D eigenvalue weighted by molar-refractivity contribution is 0.948. The SMILES string of the molecule is Cc1ccc2nc(-c3ccc4c(c3)ncn4C)cn2c1. The summed E-state index contributed by atoms with van der Waals surface area (Å²) in [5.74, 6) is 0. The fourth-order valence-electron chi connectivity index (χ4n) is 2.54. The summed E-state index contributed by atoms with van der Waals surface area (Å²) < 4.78 is 4.08. The van der Waals surface area contributed by atoms with Crippen molar-refractivity contribution in [2.24, 2.45) is 7.05 Å². The Morgan fingerprint density at radius 1 is 1.05 bits per heavy atom. The second-order valence-corrected chi connectivity index (χ2v) is 5.16. The maximum absolute atomic E-state index is 4.67. The standard InChI is InChI=1S/C16H14N4/c1-11-3-6-16-18-14(9-20(16)8-11)12-4-5-15-13(7-12)17-10-19(15)2/h3-10H,1-2H3. The third-order valence-corrected chi connectivity index (χ3v) is 3.62. The van der Waals surface area contributed by atoms with Crippen LogP contribution in [0.2, 0.25) is 0 Å². The molecule has 0 aliphatic rings. The van der Waals surface area contributed by atoms with Crippen molar-refractivity contribution >= 4 is 16.7 Å². The van der Waals surface area contributed by atoms with Gasteiger partial charge in [-0.15, -0.1) is 0 Å². The van der Waals surface area contributed by atoms with Crippen LogP contribution >= 0.6 is 0 Å². The average molecular weight is 262 g/mol. The summed E-state index contributed by atoms with van der Waals surface area (Å²) in [5, 5.41) is 0. The van der Waals surface area contributed by atoms with E-state index in [-0.39, 0.29) is 0 Å². The Morgan fingerprint density at radius 2 is 1.95 bits per heavy atom. The van der Waals surface area contributed by atoms with E-state index in [0.29, 0.717) is 0 Å². The number of benzene rings is 1. The Hall–Kier alpha value is -2.62. The maximum Gasteiger partial charge on any atom is 0.137 e. The Labute approximate surface area is 116 Å². The molecule has 0 saturated heterocycles. The molecule has 0 bridgehead atoms. The van der Waals surface area contributed by atoms with Gasteiger partial charge in [0, 0.05) is 25.0 Å². The van der Waals surface area contributed by atoms with Gasteiger partial charge < -0.3 is 8.97 Å². The molecule has 0 N–H and O–H groups in total. The van der Waals surface area contributed by atoms with Crippen molar-refractivity contribution in [1.29, 1.82) is 0 Å². The lowest BCUT2D eigenvalue weighted by Gasteiger charge is -1.97. The molecule has 0 radical (unpaired) electrons. The zero-order chi connectivity index (χ0) is 13.7. The summed E-state index contributed by atoms with van der Waals surface area (Å²) in [4.78, 5) is 9.07. The van der Waals surface area contributed by atoms with E-state index < -0.39 is 0 Å². The second kappa shape index (κ2) is 3.93. The van der Waals surface area contributed by atoms with Gasteiger partial charge in [-0.05, 0) is 30.7 Å². The molecule has 20 heavy (non-hydrogen) atoms. The highest BCUT2D eigenvalue weighted by Gasteiger charge is 2.07. The maximum atomic E-state index is 4.67. The largest absolute Gasteiger partial charge is 0.334 e. The van der Waals surface area contributed by atoms with Crippen LogP contribution in [0.3, 0.4) is 0 Å². The Bertz CT molecular complexity index is 930. The van der Waals surface area contributed by atoms with Crippen molar-refractivity contribution in [2.75, 3.05) is 0 Å². The predicted octanol–water partition coefficient (Wildman–Crippen LogP) is 3.20. The minimum atomic E-state index is 0.965. The van der Waals surface area contributed by atoms with E-state index in [1.165, 1.54) is 5.56 Å². The monoisotopic (exact) mass is 262 g/mol. The molecule has 0 spiro atoms. The summed E-state index contributed by atoms with van der Waals surface area (Å²) in [7, 11) is 2.00. The third kappa shape index (κ3) is 1.61. The van der Waals surface area contributed by atoms with Gasteiger partial charge in [0.25, 0.3) is 0 Å². The fourth-order valence-corrected chi connectivity index (χ4v) is 2.54. The van der Waals surface area contributed by atoms with Gasteiger partial charge >= 0.3 is 0 Å². The van der Waals surface area contributed by atoms with Crippen molar-refractivity contribution in [3.63, 3.8) is 0 Å². The zero-order valence-corrected chi connectivity index (χ0v) is 11.4. The van der Waals surface area contributed by atoms with Crippen molar-refractivity contribution in [2.45, 2.75) is 6.92 Å². The minimum Gasteiger partial charge on any atom is -0.334 e. The van der Waals surface area contributed by atoms with Gasteiger partial charge in [0.15, 0.2) is 0 Å².